The molecule has 3 rings (SSSR count). The van der Waals surface area contributed by atoms with Crippen LogP contribution in [0.3, 0.4) is 0 Å². The van der Waals surface area contributed by atoms with Crippen molar-refractivity contribution in [3.05, 3.63) is 41.0 Å². The molecule has 2 aromatic heterocycles. The van der Waals surface area contributed by atoms with E-state index in [1.165, 1.54) is 10.6 Å². The Morgan fingerprint density at radius 1 is 1.35 bits per heavy atom. The number of piperidine rings is 1. The molecular formula is C21H29N5O4S. The molecule has 9 nitrogen and oxygen atoms in total. The lowest BCUT2D eigenvalue weighted by molar-refractivity contribution is -0.117. The van der Waals surface area contributed by atoms with Crippen LogP contribution in [0.5, 0.6) is 0 Å². The second-order valence-corrected chi connectivity index (χ2v) is 10.1. The maximum Gasteiger partial charge on any atom is 0.239 e. The maximum atomic E-state index is 12.8. The van der Waals surface area contributed by atoms with Crippen LogP contribution >= 0.6 is 0 Å². The third-order valence-electron chi connectivity index (χ3n) is 6.05. The number of hydrogen-bond acceptors (Lipinski definition) is 6. The standard InChI is InChI=1S/C21H29N5O4S/c1-15-16(2)26(13-18-6-5-11-30-18)21(19(15)12-22)23-20(27)14-25-9-7-17(8-10-25)24(3)31(4,28)29/h5-6,11,17H,7-10,13-14H2,1-4H3,(H,23,27). The van der Waals surface area contributed by atoms with E-state index in [1.54, 1.807) is 19.4 Å². The Morgan fingerprint density at radius 2 is 2.03 bits per heavy atom. The molecule has 31 heavy (non-hydrogen) atoms. The molecule has 1 N–H and O–H groups in total. The summed E-state index contributed by atoms with van der Waals surface area (Å²) in [5.41, 5.74) is 2.17. The van der Waals surface area contributed by atoms with E-state index in [2.05, 4.69) is 11.4 Å². The molecule has 2 aromatic rings. The topological polar surface area (TPSA) is 112 Å². The number of furan rings is 1. The smallest absolute Gasteiger partial charge is 0.239 e. The molecule has 1 saturated heterocycles. The zero-order valence-electron chi connectivity index (χ0n) is 18.4. The van der Waals surface area contributed by atoms with E-state index in [9.17, 15) is 18.5 Å². The number of sulfonamides is 1. The van der Waals surface area contributed by atoms with Crippen molar-refractivity contribution < 1.29 is 17.6 Å². The van der Waals surface area contributed by atoms with Crippen molar-refractivity contribution in [3.8, 4) is 6.07 Å². The first kappa shape index (κ1) is 23.1. The number of likely N-dealkylation sites (tertiary alicyclic amines) is 1. The number of rotatable bonds is 7. The number of nitrogens with one attached hydrogen (secondary N) is 1. The van der Waals surface area contributed by atoms with Gasteiger partial charge in [0.05, 0.1) is 31.2 Å². The Bertz CT molecular complexity index is 1070. The third kappa shape index (κ3) is 5.18. The van der Waals surface area contributed by atoms with Crippen LogP contribution in [0.1, 0.15) is 35.4 Å². The van der Waals surface area contributed by atoms with Crippen LogP contribution in [0.15, 0.2) is 22.8 Å². The van der Waals surface area contributed by atoms with Gasteiger partial charge >= 0.3 is 0 Å². The molecular weight excluding hydrogens is 418 g/mol. The van der Waals surface area contributed by atoms with E-state index in [0.29, 0.717) is 43.9 Å². The molecule has 0 unspecified atom stereocenters. The van der Waals surface area contributed by atoms with Gasteiger partial charge < -0.3 is 14.3 Å². The van der Waals surface area contributed by atoms with Gasteiger partial charge in [0.15, 0.2) is 0 Å². The van der Waals surface area contributed by atoms with Gasteiger partial charge in [0.25, 0.3) is 0 Å². The largest absolute Gasteiger partial charge is 0.467 e. The van der Waals surface area contributed by atoms with E-state index in [1.807, 2.05) is 29.4 Å². The molecule has 3 heterocycles. The number of aromatic nitrogens is 1. The third-order valence-corrected chi connectivity index (χ3v) is 7.40. The van der Waals surface area contributed by atoms with E-state index >= 15 is 0 Å². The number of nitrogens with zero attached hydrogens (tertiary/aromatic N) is 4. The average molecular weight is 448 g/mol. The molecule has 1 aliphatic heterocycles. The normalized spacial score (nSPS) is 15.9. The molecule has 0 aliphatic carbocycles. The van der Waals surface area contributed by atoms with Crippen molar-refractivity contribution in [2.45, 2.75) is 39.3 Å². The summed E-state index contributed by atoms with van der Waals surface area (Å²) >= 11 is 0. The van der Waals surface area contributed by atoms with E-state index in [0.717, 1.165) is 17.0 Å². The van der Waals surface area contributed by atoms with Crippen molar-refractivity contribution in [2.24, 2.45) is 0 Å². The summed E-state index contributed by atoms with van der Waals surface area (Å²) in [5, 5.41) is 12.6. The molecule has 1 fully saturated rings. The van der Waals surface area contributed by atoms with Crippen LogP contribution in [0.25, 0.3) is 0 Å². The van der Waals surface area contributed by atoms with E-state index < -0.39 is 10.0 Å². The fourth-order valence-electron chi connectivity index (χ4n) is 3.97. The summed E-state index contributed by atoms with van der Waals surface area (Å²) in [6.07, 6.45) is 4.15. The second kappa shape index (κ2) is 9.26. The highest BCUT2D eigenvalue weighted by atomic mass is 32.2. The first-order valence-corrected chi connectivity index (χ1v) is 12.0. The first-order valence-electron chi connectivity index (χ1n) is 10.2. The van der Waals surface area contributed by atoms with Gasteiger partial charge in [-0.3, -0.25) is 9.69 Å². The quantitative estimate of drug-likeness (QED) is 0.694. The van der Waals surface area contributed by atoms with Gasteiger partial charge in [0.1, 0.15) is 17.6 Å². The Morgan fingerprint density at radius 3 is 2.58 bits per heavy atom. The van der Waals surface area contributed by atoms with Crippen molar-refractivity contribution >= 4 is 21.7 Å². The van der Waals surface area contributed by atoms with E-state index in [4.69, 9.17) is 4.42 Å². The predicted octanol–water partition coefficient (Wildman–Crippen LogP) is 1.91. The second-order valence-electron chi connectivity index (χ2n) is 8.05. The molecule has 0 bridgehead atoms. The Labute approximate surface area is 183 Å². The maximum absolute atomic E-state index is 12.8. The minimum atomic E-state index is -3.23. The summed E-state index contributed by atoms with van der Waals surface area (Å²) in [6.45, 7) is 5.65. The van der Waals surface area contributed by atoms with Gasteiger partial charge in [-0.15, -0.1) is 0 Å². The number of anilines is 1. The molecule has 1 amide bonds. The molecule has 0 spiro atoms. The van der Waals surface area contributed by atoms with Crippen LogP contribution in [-0.2, 0) is 21.4 Å². The highest BCUT2D eigenvalue weighted by Gasteiger charge is 2.28. The van der Waals surface area contributed by atoms with Crippen LogP contribution in [-0.4, -0.2) is 67.1 Å². The molecule has 10 heteroatoms. The summed E-state index contributed by atoms with van der Waals surface area (Å²) < 4.78 is 32.2. The van der Waals surface area contributed by atoms with Crippen LogP contribution in [0, 0.1) is 25.2 Å². The molecule has 168 valence electrons. The number of carbonyl (C=O) groups is 1. The lowest BCUT2D eigenvalue weighted by Gasteiger charge is -2.35. The predicted molar refractivity (Wildman–Crippen MR) is 117 cm³/mol. The summed E-state index contributed by atoms with van der Waals surface area (Å²) in [7, 11) is -1.62. The summed E-state index contributed by atoms with van der Waals surface area (Å²) in [5.74, 6) is 1.00. The van der Waals surface area contributed by atoms with Crippen LogP contribution < -0.4 is 5.32 Å². The molecule has 0 atom stereocenters. The fourth-order valence-corrected chi connectivity index (χ4v) is 4.73. The van der Waals surface area contributed by atoms with Crippen LogP contribution in [0.2, 0.25) is 0 Å². The van der Waals surface area contributed by atoms with Gasteiger partial charge in [-0.25, -0.2) is 12.7 Å². The molecule has 0 radical (unpaired) electrons. The Hall–Kier alpha value is -2.61. The number of amides is 1. The minimum absolute atomic E-state index is 0.0460. The molecule has 0 aromatic carbocycles. The first-order chi connectivity index (χ1) is 14.6. The SMILES string of the molecule is Cc1c(C#N)c(NC(=O)CN2CCC(N(C)S(C)(=O)=O)CC2)n(Cc2ccco2)c1C. The number of nitriles is 1. The van der Waals surface area contributed by atoms with Gasteiger partial charge in [-0.05, 0) is 44.4 Å². The van der Waals surface area contributed by atoms with Gasteiger partial charge in [0, 0.05) is 31.9 Å². The van der Waals surface area contributed by atoms with Crippen LogP contribution in [0.4, 0.5) is 5.82 Å². The molecule has 1 aliphatic rings. The molecule has 0 saturated carbocycles. The number of carbonyl (C=O) groups excluding carboxylic acids is 1. The van der Waals surface area contributed by atoms with Gasteiger partial charge in [-0.1, -0.05) is 0 Å². The summed E-state index contributed by atoms with van der Waals surface area (Å²) in [4.78, 5) is 14.8. The Kier molecular flexibility index (Phi) is 6.89. The Balaban J connectivity index is 1.67. The van der Waals surface area contributed by atoms with Gasteiger partial charge in [0.2, 0.25) is 15.9 Å². The highest BCUT2D eigenvalue weighted by molar-refractivity contribution is 7.88. The average Bonchev–Trinajstić information content (AvgIpc) is 3.30. The van der Waals surface area contributed by atoms with E-state index in [-0.39, 0.29) is 18.5 Å². The van der Waals surface area contributed by atoms with Crippen molar-refractivity contribution in [1.82, 2.24) is 13.8 Å². The fraction of sp³-hybridized carbons (Fsp3) is 0.524. The van der Waals surface area contributed by atoms with Gasteiger partial charge in [-0.2, -0.15) is 5.26 Å². The monoisotopic (exact) mass is 447 g/mol. The van der Waals surface area contributed by atoms with Crippen molar-refractivity contribution in [3.63, 3.8) is 0 Å². The minimum Gasteiger partial charge on any atom is -0.467 e. The zero-order chi connectivity index (χ0) is 22.8. The van der Waals surface area contributed by atoms with Crippen molar-refractivity contribution in [2.75, 3.05) is 38.3 Å². The number of hydrogen-bond donors (Lipinski definition) is 1. The van der Waals surface area contributed by atoms with Crippen molar-refractivity contribution in [1.29, 1.82) is 5.26 Å². The highest BCUT2D eigenvalue weighted by Crippen LogP contribution is 2.27. The summed E-state index contributed by atoms with van der Waals surface area (Å²) in [6, 6.07) is 5.81. The lowest BCUT2D eigenvalue weighted by Crippen LogP contribution is -2.47. The lowest BCUT2D eigenvalue weighted by atomic mass is 10.1. The zero-order valence-corrected chi connectivity index (χ0v) is 19.2.